The summed E-state index contributed by atoms with van der Waals surface area (Å²) in [6.45, 7) is 0.945. The average molecular weight is 403 g/mol. The Kier molecular flexibility index (Phi) is 4.97. The second-order valence-corrected chi connectivity index (χ2v) is 7.28. The number of fused-ring (bicyclic) bond motifs is 1. The lowest BCUT2D eigenvalue weighted by Crippen LogP contribution is -2.37. The number of aromatic nitrogens is 1. The molecule has 1 saturated heterocycles. The van der Waals surface area contributed by atoms with Crippen LogP contribution in [0.1, 0.15) is 23.4 Å². The fourth-order valence-electron chi connectivity index (χ4n) is 3.05. The summed E-state index contributed by atoms with van der Waals surface area (Å²) in [6.07, 6.45) is 1.65. The zero-order valence-corrected chi connectivity index (χ0v) is 15.8. The number of carbonyl (C=O) groups is 1. The Morgan fingerprint density at radius 3 is 2.96 bits per heavy atom. The Morgan fingerprint density at radius 2 is 2.29 bits per heavy atom. The number of methoxy groups -OCH3 is 1. The van der Waals surface area contributed by atoms with Crippen LogP contribution in [0.3, 0.4) is 0 Å². The summed E-state index contributed by atoms with van der Waals surface area (Å²) in [5, 5.41) is 11.4. The van der Waals surface area contributed by atoms with Crippen LogP contribution in [-0.4, -0.2) is 42.2 Å². The third-order valence-corrected chi connectivity index (χ3v) is 5.51. The van der Waals surface area contributed by atoms with E-state index < -0.39 is 16.7 Å². The zero-order valence-electron chi connectivity index (χ0n) is 15.0. The fourth-order valence-corrected chi connectivity index (χ4v) is 4.00. The number of nitrogens with zero attached hydrogens (tertiary/aromatic N) is 3. The first-order valence-electron chi connectivity index (χ1n) is 8.67. The molecule has 1 atom stereocenters. The predicted molar refractivity (Wildman–Crippen MR) is 102 cm³/mol. The van der Waals surface area contributed by atoms with Crippen molar-refractivity contribution in [2.75, 3.05) is 25.2 Å². The van der Waals surface area contributed by atoms with E-state index in [0.717, 1.165) is 17.5 Å². The first-order valence-corrected chi connectivity index (χ1v) is 9.49. The highest BCUT2D eigenvalue weighted by atomic mass is 32.1. The molecule has 9 nitrogen and oxygen atoms in total. The van der Waals surface area contributed by atoms with Gasteiger partial charge in [-0.2, -0.15) is 0 Å². The molecule has 28 heavy (non-hydrogen) atoms. The molecule has 2 aromatic heterocycles. The van der Waals surface area contributed by atoms with Crippen LogP contribution >= 0.6 is 11.3 Å². The van der Waals surface area contributed by atoms with E-state index in [9.17, 15) is 14.9 Å². The van der Waals surface area contributed by atoms with E-state index in [2.05, 4.69) is 4.98 Å². The van der Waals surface area contributed by atoms with Crippen molar-refractivity contribution < 1.29 is 23.6 Å². The van der Waals surface area contributed by atoms with Gasteiger partial charge in [0.1, 0.15) is 10.7 Å². The van der Waals surface area contributed by atoms with Gasteiger partial charge in [0.2, 0.25) is 0 Å². The van der Waals surface area contributed by atoms with Gasteiger partial charge in [0, 0.05) is 12.7 Å². The van der Waals surface area contributed by atoms with E-state index in [0.29, 0.717) is 29.5 Å². The lowest BCUT2D eigenvalue weighted by molar-refractivity contribution is -0.402. The van der Waals surface area contributed by atoms with Crippen LogP contribution in [0.5, 0.6) is 5.75 Å². The van der Waals surface area contributed by atoms with Crippen molar-refractivity contribution in [3.05, 3.63) is 46.2 Å². The van der Waals surface area contributed by atoms with E-state index in [1.807, 2.05) is 12.1 Å². The highest BCUT2D eigenvalue weighted by Crippen LogP contribution is 2.33. The number of furan rings is 1. The Hall–Kier alpha value is -2.98. The lowest BCUT2D eigenvalue weighted by atomic mass is 10.2. The van der Waals surface area contributed by atoms with E-state index in [4.69, 9.17) is 13.9 Å². The summed E-state index contributed by atoms with van der Waals surface area (Å²) in [5.41, 5.74) is 0.704. The Morgan fingerprint density at radius 1 is 1.43 bits per heavy atom. The Balaban J connectivity index is 1.69. The van der Waals surface area contributed by atoms with E-state index >= 15 is 0 Å². The number of rotatable bonds is 6. The molecular formula is C18H17N3O6S. The number of ether oxygens (including phenoxy) is 2. The summed E-state index contributed by atoms with van der Waals surface area (Å²) < 4.78 is 16.9. The van der Waals surface area contributed by atoms with Crippen molar-refractivity contribution in [1.82, 2.24) is 4.98 Å². The van der Waals surface area contributed by atoms with Crippen molar-refractivity contribution in [3.63, 3.8) is 0 Å². The monoisotopic (exact) mass is 403 g/mol. The molecule has 0 saturated carbocycles. The standard InChI is InChI=1S/C18H17N3O6S/c1-25-11-4-6-15-13(9-11)19-18(28-15)20(10-12-3-2-8-26-12)17(22)14-5-7-16(27-14)21(23)24/h4-7,9,12H,2-3,8,10H2,1H3. The zero-order chi connectivity index (χ0) is 19.7. The molecule has 1 aliphatic rings. The van der Waals surface area contributed by atoms with Crippen LogP contribution in [0.15, 0.2) is 34.7 Å². The highest BCUT2D eigenvalue weighted by Gasteiger charge is 2.30. The van der Waals surface area contributed by atoms with Gasteiger partial charge >= 0.3 is 5.88 Å². The molecule has 1 amide bonds. The van der Waals surface area contributed by atoms with Gasteiger partial charge in [-0.15, -0.1) is 0 Å². The van der Waals surface area contributed by atoms with Crippen LogP contribution in [0.4, 0.5) is 11.0 Å². The Bertz CT molecular complexity index is 1020. The van der Waals surface area contributed by atoms with Gasteiger partial charge in [-0.25, -0.2) is 4.98 Å². The van der Waals surface area contributed by atoms with Crippen molar-refractivity contribution in [1.29, 1.82) is 0 Å². The molecule has 0 bridgehead atoms. The molecule has 10 heteroatoms. The van der Waals surface area contributed by atoms with Crippen LogP contribution in [0.2, 0.25) is 0 Å². The van der Waals surface area contributed by atoms with E-state index in [1.165, 1.54) is 28.4 Å². The normalized spacial score (nSPS) is 16.4. The van der Waals surface area contributed by atoms with E-state index in [1.54, 1.807) is 13.2 Å². The first kappa shape index (κ1) is 18.4. The van der Waals surface area contributed by atoms with Gasteiger partial charge in [0.15, 0.2) is 10.9 Å². The highest BCUT2D eigenvalue weighted by molar-refractivity contribution is 7.22. The minimum atomic E-state index is -0.675. The van der Waals surface area contributed by atoms with Crippen molar-refractivity contribution >= 4 is 38.5 Å². The van der Waals surface area contributed by atoms with Gasteiger partial charge in [-0.05, 0) is 31.0 Å². The third kappa shape index (κ3) is 3.56. The summed E-state index contributed by atoms with van der Waals surface area (Å²) in [5.74, 6) is -0.409. The predicted octanol–water partition coefficient (Wildman–Crippen LogP) is 3.63. The number of carbonyl (C=O) groups excluding carboxylic acids is 1. The largest absolute Gasteiger partial charge is 0.497 e. The van der Waals surface area contributed by atoms with Gasteiger partial charge < -0.3 is 13.9 Å². The minimum Gasteiger partial charge on any atom is -0.497 e. The molecule has 1 unspecified atom stereocenters. The second-order valence-electron chi connectivity index (χ2n) is 6.28. The van der Waals surface area contributed by atoms with Crippen LogP contribution < -0.4 is 9.64 Å². The van der Waals surface area contributed by atoms with Gasteiger partial charge in [-0.3, -0.25) is 19.8 Å². The smallest absolute Gasteiger partial charge is 0.433 e. The summed E-state index contributed by atoms with van der Waals surface area (Å²) in [7, 11) is 1.57. The molecule has 4 rings (SSSR count). The number of thiazole rings is 1. The molecule has 0 aliphatic carbocycles. The quantitative estimate of drug-likeness (QED) is 0.457. The molecule has 1 fully saturated rings. The molecule has 1 aromatic carbocycles. The van der Waals surface area contributed by atoms with Crippen LogP contribution in [-0.2, 0) is 4.74 Å². The molecule has 3 heterocycles. The number of benzene rings is 1. The molecule has 1 aliphatic heterocycles. The van der Waals surface area contributed by atoms with Crippen LogP contribution in [0, 0.1) is 10.1 Å². The number of hydrogen-bond donors (Lipinski definition) is 0. The second kappa shape index (κ2) is 7.56. The third-order valence-electron chi connectivity index (χ3n) is 4.45. The molecular weight excluding hydrogens is 386 g/mol. The first-order chi connectivity index (χ1) is 13.5. The van der Waals surface area contributed by atoms with Crippen molar-refractivity contribution in [2.45, 2.75) is 18.9 Å². The maximum absolute atomic E-state index is 13.1. The summed E-state index contributed by atoms with van der Waals surface area (Å²) in [4.78, 5) is 29.3. The van der Waals surface area contributed by atoms with E-state index in [-0.39, 0.29) is 11.9 Å². The number of anilines is 1. The summed E-state index contributed by atoms with van der Waals surface area (Å²) in [6, 6.07) is 7.97. The maximum Gasteiger partial charge on any atom is 0.433 e. The SMILES string of the molecule is COc1ccc2sc(N(CC3CCCO3)C(=O)c3ccc([N+](=O)[O-])o3)nc2c1. The van der Waals surface area contributed by atoms with Crippen molar-refractivity contribution in [2.24, 2.45) is 0 Å². The van der Waals surface area contributed by atoms with Crippen LogP contribution in [0.25, 0.3) is 10.2 Å². The minimum absolute atomic E-state index is 0.110. The number of amides is 1. The molecule has 3 aromatic rings. The van der Waals surface area contributed by atoms with Gasteiger partial charge in [0.05, 0.1) is 36.0 Å². The number of nitro groups is 1. The summed E-state index contributed by atoms with van der Waals surface area (Å²) >= 11 is 1.35. The van der Waals surface area contributed by atoms with Gasteiger partial charge in [0.25, 0.3) is 5.91 Å². The van der Waals surface area contributed by atoms with Gasteiger partial charge in [-0.1, -0.05) is 11.3 Å². The van der Waals surface area contributed by atoms with Crippen molar-refractivity contribution in [3.8, 4) is 5.75 Å². The Labute approximate surface area is 163 Å². The average Bonchev–Trinajstić information content (AvgIpc) is 3.45. The molecule has 0 spiro atoms. The maximum atomic E-state index is 13.1. The topological polar surface area (TPSA) is 108 Å². The molecule has 0 radical (unpaired) electrons. The number of hydrogen-bond acceptors (Lipinski definition) is 8. The fraction of sp³-hybridized carbons (Fsp3) is 0.333. The molecule has 146 valence electrons. The molecule has 0 N–H and O–H groups in total. The lowest BCUT2D eigenvalue weighted by Gasteiger charge is -2.21.